The molecule has 2 N–H and O–H groups in total. The molecule has 1 aliphatic rings. The van der Waals surface area contributed by atoms with E-state index in [1.165, 1.54) is 18.9 Å². The Kier molecular flexibility index (Phi) is 3.50. The number of aromatic nitrogens is 2. The smallest absolute Gasteiger partial charge is 0.235 e. The van der Waals surface area contributed by atoms with Crippen LogP contribution < -0.4 is 10.1 Å². The van der Waals surface area contributed by atoms with E-state index in [0.29, 0.717) is 17.3 Å². The van der Waals surface area contributed by atoms with Crippen LogP contribution in [0.25, 0.3) is 0 Å². The van der Waals surface area contributed by atoms with Gasteiger partial charge in [-0.15, -0.1) is 11.8 Å². The lowest BCUT2D eigenvalue weighted by Gasteiger charge is -2.15. The van der Waals surface area contributed by atoms with Gasteiger partial charge in [0.2, 0.25) is 5.91 Å². The number of phenolic OH excluding ortho intramolecular Hbond substituents is 1. The molecule has 0 spiro atoms. The van der Waals surface area contributed by atoms with Gasteiger partial charge in [0, 0.05) is 12.6 Å². The number of aryl methyl sites for hydroxylation is 1. The number of methoxy groups -OCH3 is 1. The van der Waals surface area contributed by atoms with E-state index < -0.39 is 0 Å². The van der Waals surface area contributed by atoms with Crippen LogP contribution in [-0.4, -0.2) is 33.7 Å². The van der Waals surface area contributed by atoms with Crippen molar-refractivity contribution >= 4 is 23.5 Å². The van der Waals surface area contributed by atoms with Crippen LogP contribution in [0.5, 0.6) is 11.5 Å². The zero-order valence-corrected chi connectivity index (χ0v) is 12.5. The highest BCUT2D eigenvalue weighted by Crippen LogP contribution is 2.43. The quantitative estimate of drug-likeness (QED) is 0.886. The number of benzene rings is 1. The molecule has 2 aromatic rings. The van der Waals surface area contributed by atoms with Crippen LogP contribution >= 0.6 is 11.8 Å². The van der Waals surface area contributed by atoms with Crippen molar-refractivity contribution in [1.29, 1.82) is 0 Å². The number of carbonyl (C=O) groups is 1. The second kappa shape index (κ2) is 5.33. The summed E-state index contributed by atoms with van der Waals surface area (Å²) in [6.45, 7) is 0. The van der Waals surface area contributed by atoms with Crippen molar-refractivity contribution in [3.63, 3.8) is 0 Å². The Balaban J connectivity index is 2.05. The van der Waals surface area contributed by atoms with Gasteiger partial charge < -0.3 is 15.2 Å². The minimum Gasteiger partial charge on any atom is -0.504 e. The third-order valence-electron chi connectivity index (χ3n) is 3.39. The van der Waals surface area contributed by atoms with Gasteiger partial charge in [0.05, 0.1) is 24.3 Å². The summed E-state index contributed by atoms with van der Waals surface area (Å²) in [6.07, 6.45) is 1.75. The molecule has 1 amide bonds. The Morgan fingerprint density at radius 1 is 1.52 bits per heavy atom. The van der Waals surface area contributed by atoms with Gasteiger partial charge in [-0.1, -0.05) is 6.07 Å². The summed E-state index contributed by atoms with van der Waals surface area (Å²) in [4.78, 5) is 11.8. The summed E-state index contributed by atoms with van der Waals surface area (Å²) >= 11 is 1.51. The molecule has 1 aromatic heterocycles. The summed E-state index contributed by atoms with van der Waals surface area (Å²) in [7, 11) is 3.30. The monoisotopic (exact) mass is 305 g/mol. The Labute approximate surface area is 126 Å². The minimum atomic E-state index is -0.0653. The lowest BCUT2D eigenvalue weighted by atomic mass is 10.1. The molecule has 0 aliphatic carbocycles. The molecule has 2 heterocycles. The molecule has 0 radical (unpaired) electrons. The number of anilines is 1. The fraction of sp³-hybridized carbons (Fsp3) is 0.286. The van der Waals surface area contributed by atoms with E-state index in [1.807, 2.05) is 6.07 Å². The van der Waals surface area contributed by atoms with Gasteiger partial charge >= 0.3 is 0 Å². The van der Waals surface area contributed by atoms with E-state index in [-0.39, 0.29) is 16.9 Å². The van der Waals surface area contributed by atoms with Crippen LogP contribution in [0, 0.1) is 0 Å². The normalized spacial score (nSPS) is 17.8. The lowest BCUT2D eigenvalue weighted by Crippen LogP contribution is -2.15. The van der Waals surface area contributed by atoms with E-state index in [0.717, 1.165) is 11.1 Å². The van der Waals surface area contributed by atoms with Crippen molar-refractivity contribution in [2.45, 2.75) is 5.25 Å². The average Bonchev–Trinajstić information content (AvgIpc) is 2.72. The molecule has 0 saturated carbocycles. The fourth-order valence-electron chi connectivity index (χ4n) is 2.36. The third-order valence-corrected chi connectivity index (χ3v) is 4.68. The molecule has 7 heteroatoms. The molecule has 0 fully saturated rings. The molecule has 1 aromatic carbocycles. The number of nitrogens with one attached hydrogen (secondary N) is 1. The highest BCUT2D eigenvalue weighted by Gasteiger charge is 2.27. The van der Waals surface area contributed by atoms with Gasteiger partial charge in [-0.2, -0.15) is 5.10 Å². The number of amides is 1. The topological polar surface area (TPSA) is 76.4 Å². The Morgan fingerprint density at radius 2 is 2.33 bits per heavy atom. The van der Waals surface area contributed by atoms with Crippen LogP contribution in [0.4, 0.5) is 5.82 Å². The first kappa shape index (κ1) is 13.8. The van der Waals surface area contributed by atoms with Crippen molar-refractivity contribution < 1.29 is 14.6 Å². The summed E-state index contributed by atoms with van der Waals surface area (Å²) in [5, 5.41) is 17.0. The predicted octanol–water partition coefficient (Wildman–Crippen LogP) is 1.91. The first-order valence-corrected chi connectivity index (χ1v) is 7.45. The van der Waals surface area contributed by atoms with Gasteiger partial charge in [-0.05, 0) is 17.7 Å². The van der Waals surface area contributed by atoms with E-state index in [4.69, 9.17) is 4.74 Å². The minimum absolute atomic E-state index is 0.0508. The summed E-state index contributed by atoms with van der Waals surface area (Å²) in [5.41, 5.74) is 1.84. The maximum Gasteiger partial charge on any atom is 0.235 e. The number of rotatable bonds is 2. The van der Waals surface area contributed by atoms with Crippen LogP contribution in [-0.2, 0) is 11.8 Å². The second-order valence-corrected chi connectivity index (χ2v) is 5.84. The number of ether oxygens (including phenoxy) is 1. The molecule has 6 nitrogen and oxygen atoms in total. The fourth-order valence-corrected chi connectivity index (χ4v) is 3.44. The summed E-state index contributed by atoms with van der Waals surface area (Å²) in [6, 6.07) is 5.29. The first-order valence-electron chi connectivity index (χ1n) is 6.40. The molecule has 1 atom stereocenters. The van der Waals surface area contributed by atoms with E-state index in [2.05, 4.69) is 10.4 Å². The zero-order chi connectivity index (χ0) is 15.0. The van der Waals surface area contributed by atoms with E-state index >= 15 is 0 Å². The standard InChI is InChI=1S/C14H15N3O3S/c1-17-14-9(6-15-17)13(21-7-12(19)16-14)8-3-4-11(20-2)10(18)5-8/h3-6,13,18H,7H2,1-2H3,(H,16,19)/t13-/m0/s1. The molecule has 110 valence electrons. The van der Waals surface area contributed by atoms with Crippen molar-refractivity contribution in [2.75, 3.05) is 18.2 Å². The van der Waals surface area contributed by atoms with E-state index in [9.17, 15) is 9.90 Å². The molecule has 0 unspecified atom stereocenters. The molecular formula is C14H15N3O3S. The SMILES string of the molecule is COc1ccc([C@@H]2SCC(=O)Nc3c2cnn3C)cc1O. The Morgan fingerprint density at radius 3 is 3.05 bits per heavy atom. The van der Waals surface area contributed by atoms with Crippen LogP contribution in [0.3, 0.4) is 0 Å². The van der Waals surface area contributed by atoms with Crippen molar-refractivity contribution in [2.24, 2.45) is 7.05 Å². The highest BCUT2D eigenvalue weighted by atomic mass is 32.2. The number of hydrogen-bond donors (Lipinski definition) is 2. The van der Waals surface area contributed by atoms with E-state index in [1.54, 1.807) is 30.1 Å². The van der Waals surface area contributed by atoms with Gasteiger partial charge in [0.15, 0.2) is 11.5 Å². The Hall–Kier alpha value is -2.15. The van der Waals surface area contributed by atoms with Crippen LogP contribution in [0.15, 0.2) is 24.4 Å². The van der Waals surface area contributed by atoms with Gasteiger partial charge in [-0.3, -0.25) is 9.48 Å². The third kappa shape index (κ3) is 2.44. The molecule has 3 rings (SSSR count). The number of thioether (sulfide) groups is 1. The van der Waals surface area contributed by atoms with Crippen molar-refractivity contribution in [3.05, 3.63) is 35.5 Å². The predicted molar refractivity (Wildman–Crippen MR) is 80.8 cm³/mol. The first-order chi connectivity index (χ1) is 10.1. The van der Waals surface area contributed by atoms with Gasteiger partial charge in [0.25, 0.3) is 0 Å². The number of phenols is 1. The Bertz CT molecular complexity index is 699. The van der Waals surface area contributed by atoms with Gasteiger partial charge in [-0.25, -0.2) is 0 Å². The summed E-state index contributed by atoms with van der Waals surface area (Å²) < 4.78 is 6.71. The maximum atomic E-state index is 11.8. The number of nitrogens with zero attached hydrogens (tertiary/aromatic N) is 2. The molecule has 1 aliphatic heterocycles. The van der Waals surface area contributed by atoms with Gasteiger partial charge in [0.1, 0.15) is 5.82 Å². The van der Waals surface area contributed by atoms with Crippen molar-refractivity contribution in [3.8, 4) is 11.5 Å². The number of carbonyl (C=O) groups excluding carboxylic acids is 1. The average molecular weight is 305 g/mol. The second-order valence-electron chi connectivity index (χ2n) is 4.74. The number of fused-ring (bicyclic) bond motifs is 1. The molecule has 21 heavy (non-hydrogen) atoms. The van der Waals surface area contributed by atoms with Crippen molar-refractivity contribution in [1.82, 2.24) is 9.78 Å². The molecular weight excluding hydrogens is 290 g/mol. The summed E-state index contributed by atoms with van der Waals surface area (Å²) in [5.74, 6) is 1.52. The van der Waals surface area contributed by atoms with Crippen LogP contribution in [0.1, 0.15) is 16.4 Å². The maximum absolute atomic E-state index is 11.8. The number of aromatic hydroxyl groups is 1. The number of hydrogen-bond acceptors (Lipinski definition) is 5. The highest BCUT2D eigenvalue weighted by molar-refractivity contribution is 8.00. The molecule has 0 saturated heterocycles. The largest absolute Gasteiger partial charge is 0.504 e. The lowest BCUT2D eigenvalue weighted by molar-refractivity contribution is -0.113. The molecule has 0 bridgehead atoms. The van der Waals surface area contributed by atoms with Crippen LogP contribution in [0.2, 0.25) is 0 Å². The zero-order valence-electron chi connectivity index (χ0n) is 11.7.